The maximum absolute atomic E-state index is 12.7. The molecule has 0 radical (unpaired) electrons. The number of pyridine rings is 1. The number of carbonyl (C=O) groups excluding carboxylic acids is 1. The van der Waals surface area contributed by atoms with Crippen LogP contribution in [0.4, 0.5) is 18.9 Å². The summed E-state index contributed by atoms with van der Waals surface area (Å²) in [5.41, 5.74) is -0.533. The van der Waals surface area contributed by atoms with Crippen LogP contribution in [0.3, 0.4) is 0 Å². The molecule has 1 aliphatic rings. The summed E-state index contributed by atoms with van der Waals surface area (Å²) < 4.78 is 38.2. The van der Waals surface area contributed by atoms with Gasteiger partial charge in [-0.05, 0) is 12.1 Å². The zero-order valence-corrected chi connectivity index (χ0v) is 12.3. The van der Waals surface area contributed by atoms with Crippen molar-refractivity contribution in [2.24, 2.45) is 10.2 Å². The van der Waals surface area contributed by atoms with Gasteiger partial charge in [0.2, 0.25) is 5.91 Å². The van der Waals surface area contributed by atoms with E-state index in [1.54, 1.807) is 0 Å². The summed E-state index contributed by atoms with van der Waals surface area (Å²) in [6.45, 7) is -1.35. The summed E-state index contributed by atoms with van der Waals surface area (Å²) >= 11 is 0. The number of alkyl halides is 3. The van der Waals surface area contributed by atoms with Crippen molar-refractivity contribution in [2.45, 2.75) is 37.5 Å². The lowest BCUT2D eigenvalue weighted by molar-refractivity contribution is -0.132. The van der Waals surface area contributed by atoms with Gasteiger partial charge >= 0.3 is 6.18 Å². The second-order valence-electron chi connectivity index (χ2n) is 5.19. The van der Waals surface area contributed by atoms with Crippen LogP contribution in [-0.2, 0) is 4.79 Å². The van der Waals surface area contributed by atoms with E-state index in [1.807, 2.05) is 0 Å². The molecule has 5 nitrogen and oxygen atoms in total. The number of hydrogen-bond acceptors (Lipinski definition) is 4. The Morgan fingerprint density at radius 1 is 1.26 bits per heavy atom. The van der Waals surface area contributed by atoms with Gasteiger partial charge in [-0.15, -0.1) is 12.3 Å². The Hall–Kier alpha value is -2.43. The molecule has 0 aromatic carbocycles. The minimum atomic E-state index is -4.49. The van der Waals surface area contributed by atoms with Crippen LogP contribution in [0.1, 0.15) is 25.7 Å². The highest BCUT2D eigenvalue weighted by Gasteiger charge is 2.40. The lowest BCUT2D eigenvalue weighted by Crippen LogP contribution is -2.39. The van der Waals surface area contributed by atoms with Gasteiger partial charge in [0.05, 0.1) is 0 Å². The van der Waals surface area contributed by atoms with Crippen molar-refractivity contribution in [3.8, 4) is 12.3 Å². The third-order valence-electron chi connectivity index (χ3n) is 3.40. The smallest absolute Gasteiger partial charge is 0.303 e. The van der Waals surface area contributed by atoms with Gasteiger partial charge in [-0.2, -0.15) is 23.4 Å². The van der Waals surface area contributed by atoms with E-state index in [2.05, 4.69) is 21.1 Å². The largest absolute Gasteiger partial charge is 0.406 e. The van der Waals surface area contributed by atoms with E-state index >= 15 is 0 Å². The standard InChI is InChI=1S/C15H15F3N4O/c1-2-3-7-14(20-21-14)8-4-13(23)22(11-15(16,17)18)12-5-9-19-10-6-12/h1,5-6,9-10H,3-4,7-8,11H2. The van der Waals surface area contributed by atoms with Gasteiger partial charge in [0.25, 0.3) is 0 Å². The van der Waals surface area contributed by atoms with Crippen molar-refractivity contribution in [2.75, 3.05) is 11.4 Å². The van der Waals surface area contributed by atoms with Gasteiger partial charge in [0.15, 0.2) is 5.66 Å². The van der Waals surface area contributed by atoms with E-state index < -0.39 is 24.3 Å². The molecule has 122 valence electrons. The summed E-state index contributed by atoms with van der Waals surface area (Å²) in [5, 5.41) is 7.75. The summed E-state index contributed by atoms with van der Waals surface area (Å²) in [6.07, 6.45) is 4.49. The fourth-order valence-electron chi connectivity index (χ4n) is 2.14. The lowest BCUT2D eigenvalue weighted by atomic mass is 10.0. The molecule has 0 spiro atoms. The average Bonchev–Trinajstić information content (AvgIpc) is 3.29. The molecule has 1 aliphatic heterocycles. The fraction of sp³-hybridized carbons (Fsp3) is 0.467. The third-order valence-corrected chi connectivity index (χ3v) is 3.40. The van der Waals surface area contributed by atoms with Gasteiger partial charge in [0.1, 0.15) is 6.54 Å². The van der Waals surface area contributed by atoms with E-state index in [0.717, 1.165) is 0 Å². The molecule has 1 aromatic heterocycles. The summed E-state index contributed by atoms with van der Waals surface area (Å²) in [7, 11) is 0. The summed E-state index contributed by atoms with van der Waals surface area (Å²) in [6, 6.07) is 2.73. The first-order valence-electron chi connectivity index (χ1n) is 7.00. The second-order valence-corrected chi connectivity index (χ2v) is 5.19. The highest BCUT2D eigenvalue weighted by atomic mass is 19.4. The van der Waals surface area contributed by atoms with E-state index in [0.29, 0.717) is 17.7 Å². The van der Waals surface area contributed by atoms with Crippen LogP contribution in [0.15, 0.2) is 34.8 Å². The van der Waals surface area contributed by atoms with Gasteiger partial charge in [-0.25, -0.2) is 0 Å². The number of anilines is 1. The van der Waals surface area contributed by atoms with E-state index in [4.69, 9.17) is 6.42 Å². The normalized spacial score (nSPS) is 15.0. The fourth-order valence-corrected chi connectivity index (χ4v) is 2.14. The van der Waals surface area contributed by atoms with Gasteiger partial charge in [-0.3, -0.25) is 9.78 Å². The predicted octanol–water partition coefficient (Wildman–Crippen LogP) is 3.33. The molecule has 2 heterocycles. The van der Waals surface area contributed by atoms with E-state index in [-0.39, 0.29) is 18.5 Å². The first-order chi connectivity index (χ1) is 10.9. The predicted molar refractivity (Wildman–Crippen MR) is 77.5 cm³/mol. The van der Waals surface area contributed by atoms with Crippen LogP contribution in [0, 0.1) is 12.3 Å². The van der Waals surface area contributed by atoms with Crippen LogP contribution in [0.5, 0.6) is 0 Å². The highest BCUT2D eigenvalue weighted by Crippen LogP contribution is 2.38. The van der Waals surface area contributed by atoms with E-state index in [9.17, 15) is 18.0 Å². The number of amides is 1. The lowest BCUT2D eigenvalue weighted by Gasteiger charge is -2.24. The van der Waals surface area contributed by atoms with Crippen molar-refractivity contribution in [3.63, 3.8) is 0 Å². The van der Waals surface area contributed by atoms with Crippen LogP contribution in [0.25, 0.3) is 0 Å². The third kappa shape index (κ3) is 5.06. The average molecular weight is 324 g/mol. The quantitative estimate of drug-likeness (QED) is 0.722. The minimum absolute atomic E-state index is 0.0873. The molecule has 0 fully saturated rings. The van der Waals surface area contributed by atoms with Crippen LogP contribution >= 0.6 is 0 Å². The first-order valence-corrected chi connectivity index (χ1v) is 7.00. The SMILES string of the molecule is C#CCCC1(CCC(=O)N(CC(F)(F)F)c2ccncc2)N=N1. The molecular weight excluding hydrogens is 309 g/mol. The van der Waals surface area contributed by atoms with Crippen LogP contribution in [-0.4, -0.2) is 29.3 Å². The van der Waals surface area contributed by atoms with Gasteiger partial charge in [-0.1, -0.05) is 0 Å². The maximum atomic E-state index is 12.7. The molecule has 0 atom stereocenters. The molecule has 0 aliphatic carbocycles. The highest BCUT2D eigenvalue weighted by molar-refractivity contribution is 5.93. The topological polar surface area (TPSA) is 57.9 Å². The Morgan fingerprint density at radius 3 is 2.43 bits per heavy atom. The molecule has 0 saturated carbocycles. The monoisotopic (exact) mass is 324 g/mol. The van der Waals surface area contributed by atoms with Crippen molar-refractivity contribution in [3.05, 3.63) is 24.5 Å². The molecule has 8 heteroatoms. The molecule has 1 aromatic rings. The zero-order valence-electron chi connectivity index (χ0n) is 12.3. The van der Waals surface area contributed by atoms with Crippen molar-refractivity contribution in [1.82, 2.24) is 4.98 Å². The van der Waals surface area contributed by atoms with Crippen LogP contribution < -0.4 is 4.90 Å². The molecule has 0 unspecified atom stereocenters. The number of aromatic nitrogens is 1. The molecule has 0 bridgehead atoms. The maximum Gasteiger partial charge on any atom is 0.406 e. The van der Waals surface area contributed by atoms with Gasteiger partial charge in [0, 0.05) is 43.8 Å². The van der Waals surface area contributed by atoms with Crippen LogP contribution in [0.2, 0.25) is 0 Å². The number of terminal acetylenes is 1. The Bertz CT molecular complexity index is 616. The molecule has 1 amide bonds. The number of halogens is 3. The molecule has 23 heavy (non-hydrogen) atoms. The molecular formula is C15H15F3N4O. The van der Waals surface area contributed by atoms with E-state index in [1.165, 1.54) is 24.5 Å². The number of nitrogens with zero attached hydrogens (tertiary/aromatic N) is 4. The van der Waals surface area contributed by atoms with Crippen molar-refractivity contribution in [1.29, 1.82) is 0 Å². The number of hydrogen-bond donors (Lipinski definition) is 0. The summed E-state index contributed by atoms with van der Waals surface area (Å²) in [5.74, 6) is 1.83. The van der Waals surface area contributed by atoms with Crippen molar-refractivity contribution >= 4 is 11.6 Å². The summed E-state index contributed by atoms with van der Waals surface area (Å²) in [4.78, 5) is 16.7. The molecule has 0 saturated heterocycles. The Labute approximate surface area is 131 Å². The Morgan fingerprint density at radius 2 is 1.91 bits per heavy atom. The van der Waals surface area contributed by atoms with Crippen molar-refractivity contribution < 1.29 is 18.0 Å². The Balaban J connectivity index is 2.01. The number of rotatable bonds is 7. The zero-order chi connectivity index (χ0) is 16.9. The number of carbonyl (C=O) groups is 1. The Kier molecular flexibility index (Phi) is 4.98. The second kappa shape index (κ2) is 6.77. The molecule has 2 rings (SSSR count). The minimum Gasteiger partial charge on any atom is -0.303 e. The van der Waals surface area contributed by atoms with Gasteiger partial charge < -0.3 is 4.90 Å². The first kappa shape index (κ1) is 16.9. The molecule has 0 N–H and O–H groups in total.